The highest BCUT2D eigenvalue weighted by Gasteiger charge is 2.19. The number of hydrogen-bond acceptors (Lipinski definition) is 6. The van der Waals surface area contributed by atoms with E-state index in [-0.39, 0.29) is 37.5 Å². The summed E-state index contributed by atoms with van der Waals surface area (Å²) in [6.45, 7) is 6.50. The molecule has 0 aliphatic carbocycles. The Labute approximate surface area is 358 Å². The molecule has 6 nitrogen and oxygen atoms in total. The SMILES string of the molecule is CCCC/C=C\CCCCCCCC(=O)OCC(COC(=O)CCCCC/C=C\C=C/CCCCCCCCC)OC(=O)CC/C=C\C/C=C\CCCCCCCC. The summed E-state index contributed by atoms with van der Waals surface area (Å²) in [6, 6.07) is 0. The van der Waals surface area contributed by atoms with Gasteiger partial charge in [-0.1, -0.05) is 191 Å². The Hall–Kier alpha value is -2.89. The molecule has 0 spiro atoms. The minimum absolute atomic E-state index is 0.110. The molecule has 0 saturated heterocycles. The van der Waals surface area contributed by atoms with Gasteiger partial charge >= 0.3 is 17.9 Å². The number of ether oxygens (including phenoxy) is 3. The summed E-state index contributed by atoms with van der Waals surface area (Å²) in [5, 5.41) is 0. The quantitative estimate of drug-likeness (QED) is 0.0201. The van der Waals surface area contributed by atoms with E-state index in [1.54, 1.807) is 0 Å². The first-order valence-corrected chi connectivity index (χ1v) is 24.3. The van der Waals surface area contributed by atoms with E-state index in [1.807, 2.05) is 6.08 Å². The highest BCUT2D eigenvalue weighted by atomic mass is 16.6. The van der Waals surface area contributed by atoms with E-state index in [9.17, 15) is 14.4 Å². The van der Waals surface area contributed by atoms with E-state index in [0.29, 0.717) is 19.3 Å². The standard InChI is InChI=1S/C52H90O6/c1-4-7-10-13-16-19-22-24-25-26-28-30-33-36-39-42-45-51(54)57-48-49(47-56-50(53)44-41-38-35-32-29-21-18-15-12-9-6-3)58-52(55)46-43-40-37-34-31-27-23-20-17-14-11-8-5-2/h15,18,25-28,30-31,37,40,49H,4-14,16-17,19-24,29,32-36,38-39,41-48H2,1-3H3/b18-15-,26-25-,30-28-,31-27-,40-37-. The monoisotopic (exact) mass is 811 g/mol. The fourth-order valence-electron chi connectivity index (χ4n) is 6.52. The summed E-state index contributed by atoms with van der Waals surface area (Å²) in [5.41, 5.74) is 0. The highest BCUT2D eigenvalue weighted by molar-refractivity contribution is 5.71. The second kappa shape index (κ2) is 46.8. The van der Waals surface area contributed by atoms with E-state index >= 15 is 0 Å². The Morgan fingerprint density at radius 2 is 0.724 bits per heavy atom. The Morgan fingerprint density at radius 3 is 1.21 bits per heavy atom. The molecule has 1 atom stereocenters. The molecule has 0 fully saturated rings. The van der Waals surface area contributed by atoms with Gasteiger partial charge in [-0.15, -0.1) is 0 Å². The summed E-state index contributed by atoms with van der Waals surface area (Å²) in [5.74, 6) is -1.02. The first-order chi connectivity index (χ1) is 28.5. The number of carbonyl (C=O) groups is 3. The van der Waals surface area contributed by atoms with Crippen LogP contribution in [-0.2, 0) is 28.6 Å². The van der Waals surface area contributed by atoms with E-state index in [1.165, 1.54) is 109 Å². The summed E-state index contributed by atoms with van der Waals surface area (Å²) in [7, 11) is 0. The van der Waals surface area contributed by atoms with Gasteiger partial charge in [-0.2, -0.15) is 0 Å². The van der Waals surface area contributed by atoms with Crippen LogP contribution in [0.4, 0.5) is 0 Å². The van der Waals surface area contributed by atoms with Crippen molar-refractivity contribution in [3.63, 3.8) is 0 Å². The van der Waals surface area contributed by atoms with Crippen molar-refractivity contribution in [1.29, 1.82) is 0 Å². The first-order valence-electron chi connectivity index (χ1n) is 24.3. The third kappa shape index (κ3) is 44.2. The Kier molecular flexibility index (Phi) is 44.5. The van der Waals surface area contributed by atoms with Crippen molar-refractivity contribution < 1.29 is 28.6 Å². The average Bonchev–Trinajstić information content (AvgIpc) is 3.22. The molecule has 0 aromatic carbocycles. The van der Waals surface area contributed by atoms with Crippen LogP contribution in [0.5, 0.6) is 0 Å². The smallest absolute Gasteiger partial charge is 0.306 e. The van der Waals surface area contributed by atoms with E-state index in [0.717, 1.165) is 77.0 Å². The minimum Gasteiger partial charge on any atom is -0.462 e. The Balaban J connectivity index is 4.49. The van der Waals surface area contributed by atoms with Crippen molar-refractivity contribution in [2.45, 2.75) is 239 Å². The van der Waals surface area contributed by atoms with Crippen LogP contribution in [0.1, 0.15) is 233 Å². The van der Waals surface area contributed by atoms with Crippen molar-refractivity contribution >= 4 is 17.9 Å². The van der Waals surface area contributed by atoms with Crippen molar-refractivity contribution in [1.82, 2.24) is 0 Å². The van der Waals surface area contributed by atoms with E-state index in [2.05, 4.69) is 75.5 Å². The number of carbonyl (C=O) groups excluding carboxylic acids is 3. The molecule has 0 aliphatic rings. The highest BCUT2D eigenvalue weighted by Crippen LogP contribution is 2.12. The molecule has 58 heavy (non-hydrogen) atoms. The summed E-state index contributed by atoms with van der Waals surface area (Å²) in [6.07, 6.45) is 56.5. The third-order valence-electron chi connectivity index (χ3n) is 10.3. The van der Waals surface area contributed by atoms with E-state index < -0.39 is 6.10 Å². The number of allylic oxidation sites excluding steroid dienone is 10. The van der Waals surface area contributed by atoms with Crippen LogP contribution >= 0.6 is 0 Å². The molecule has 0 saturated carbocycles. The zero-order valence-electron chi connectivity index (χ0n) is 38.0. The van der Waals surface area contributed by atoms with Crippen LogP contribution in [0.25, 0.3) is 0 Å². The largest absolute Gasteiger partial charge is 0.462 e. The molecule has 0 N–H and O–H groups in total. The van der Waals surface area contributed by atoms with Gasteiger partial charge in [-0.25, -0.2) is 0 Å². The van der Waals surface area contributed by atoms with Gasteiger partial charge in [0.25, 0.3) is 0 Å². The number of hydrogen-bond donors (Lipinski definition) is 0. The Bertz CT molecular complexity index is 1070. The summed E-state index contributed by atoms with van der Waals surface area (Å²) in [4.78, 5) is 37.8. The predicted octanol–water partition coefficient (Wildman–Crippen LogP) is 15.7. The molecule has 1 unspecified atom stereocenters. The maximum Gasteiger partial charge on any atom is 0.306 e. The number of unbranched alkanes of at least 4 members (excludes halogenated alkanes) is 23. The van der Waals surface area contributed by atoms with Crippen molar-refractivity contribution in [3.8, 4) is 0 Å². The zero-order chi connectivity index (χ0) is 42.3. The van der Waals surface area contributed by atoms with Crippen LogP contribution in [0.2, 0.25) is 0 Å². The maximum absolute atomic E-state index is 12.7. The molecular weight excluding hydrogens is 721 g/mol. The van der Waals surface area contributed by atoms with Crippen molar-refractivity contribution in [2.24, 2.45) is 0 Å². The number of rotatable bonds is 43. The van der Waals surface area contributed by atoms with Crippen LogP contribution in [0, 0.1) is 0 Å². The molecule has 0 rings (SSSR count). The van der Waals surface area contributed by atoms with E-state index in [4.69, 9.17) is 14.2 Å². The fraction of sp³-hybridized carbons (Fsp3) is 0.750. The molecule has 0 aromatic heterocycles. The first kappa shape index (κ1) is 55.1. The zero-order valence-corrected chi connectivity index (χ0v) is 38.0. The normalized spacial score (nSPS) is 12.5. The van der Waals surface area contributed by atoms with Crippen LogP contribution in [0.3, 0.4) is 0 Å². The van der Waals surface area contributed by atoms with Gasteiger partial charge in [-0.3, -0.25) is 14.4 Å². The van der Waals surface area contributed by atoms with Crippen LogP contribution in [-0.4, -0.2) is 37.2 Å². The topological polar surface area (TPSA) is 78.9 Å². The molecular formula is C52H90O6. The lowest BCUT2D eigenvalue weighted by molar-refractivity contribution is -0.166. The number of esters is 3. The molecule has 0 aliphatic heterocycles. The van der Waals surface area contributed by atoms with Gasteiger partial charge in [0, 0.05) is 19.3 Å². The average molecular weight is 811 g/mol. The maximum atomic E-state index is 12.7. The molecule has 0 aromatic rings. The second-order valence-electron chi connectivity index (χ2n) is 16.0. The predicted molar refractivity (Wildman–Crippen MR) is 247 cm³/mol. The van der Waals surface area contributed by atoms with Crippen molar-refractivity contribution in [2.75, 3.05) is 13.2 Å². The molecule has 0 radical (unpaired) electrons. The minimum atomic E-state index is -0.816. The van der Waals surface area contributed by atoms with Gasteiger partial charge < -0.3 is 14.2 Å². The molecule has 334 valence electrons. The van der Waals surface area contributed by atoms with Gasteiger partial charge in [-0.05, 0) is 83.5 Å². The van der Waals surface area contributed by atoms with Gasteiger partial charge in [0.05, 0.1) is 0 Å². The third-order valence-corrected chi connectivity index (χ3v) is 10.3. The Morgan fingerprint density at radius 1 is 0.362 bits per heavy atom. The molecule has 6 heteroatoms. The summed E-state index contributed by atoms with van der Waals surface area (Å²) >= 11 is 0. The summed E-state index contributed by atoms with van der Waals surface area (Å²) < 4.78 is 16.6. The lowest BCUT2D eigenvalue weighted by Gasteiger charge is -2.18. The van der Waals surface area contributed by atoms with Gasteiger partial charge in [0.1, 0.15) is 13.2 Å². The fourth-order valence-corrected chi connectivity index (χ4v) is 6.52. The molecule has 0 bridgehead atoms. The molecule has 0 heterocycles. The van der Waals surface area contributed by atoms with Crippen molar-refractivity contribution in [3.05, 3.63) is 60.8 Å². The van der Waals surface area contributed by atoms with Crippen LogP contribution < -0.4 is 0 Å². The lowest BCUT2D eigenvalue weighted by Crippen LogP contribution is -2.30. The second-order valence-corrected chi connectivity index (χ2v) is 16.0. The molecule has 0 amide bonds. The lowest BCUT2D eigenvalue weighted by atomic mass is 10.1. The van der Waals surface area contributed by atoms with Crippen LogP contribution in [0.15, 0.2) is 60.8 Å². The van der Waals surface area contributed by atoms with Gasteiger partial charge in [0.2, 0.25) is 0 Å². The van der Waals surface area contributed by atoms with Gasteiger partial charge in [0.15, 0.2) is 6.10 Å².